The van der Waals surface area contributed by atoms with Crippen LogP contribution in [0.5, 0.6) is 207 Å². The van der Waals surface area contributed by atoms with Gasteiger partial charge in [-0.3, -0.25) is 0 Å². The summed E-state index contributed by atoms with van der Waals surface area (Å²) < 4.78 is 71.0. The smallest absolute Gasteiger partial charge is 0.343 e. The standard InChI is InChI=1S/C90H60O54/c91-38-1-26(2-39(92)63(38)108)79(121)133-55-18-31(11-48(101)68(55)113)78(120)132-25-62-75(141-86(128)34-14-51(104)73(118)60(21-34)139-85(127)33-13-50(103)70(115)57(20-33)138-84(126)32-12-49(102)69(114)56(19-32)134-80(122)27-3-40(93)64(109)41(94)4-27)76(142-87(129)35-15-52(105)71(116)58(22-35)135-81(123)28-5-42(95)65(110)43(96)6-28)77(143-88(130)36-16-53(106)72(117)59(23-36)136-82(124)29-7-44(97)66(111)45(98)8-29)90(140-62)144-89(131)37-17-54(107)74(119)61(24-37)137-83(125)30-9-46(99)67(112)47(100)10-30/h1-24,62,75-77,90-119H,25H2/t62-,75-,76+,77-,90+/m1/s1. The van der Waals surface area contributed by atoms with Crippen LogP contribution >= 0.6 is 0 Å². The maximum Gasteiger partial charge on any atom is 0.343 e. The van der Waals surface area contributed by atoms with Crippen molar-refractivity contribution in [3.63, 3.8) is 0 Å². The Kier molecular flexibility index (Phi) is 27.3. The minimum absolute atomic E-state index is 0.237. The van der Waals surface area contributed by atoms with Gasteiger partial charge in [0, 0.05) is 0 Å². The van der Waals surface area contributed by atoms with Crippen LogP contribution in [0.15, 0.2) is 146 Å². The fourth-order valence-electron chi connectivity index (χ4n) is 12.7. The summed E-state index contributed by atoms with van der Waals surface area (Å²) in [5.74, 6) is -68.7. The van der Waals surface area contributed by atoms with Crippen molar-refractivity contribution >= 4 is 71.6 Å². The molecule has 54 heteroatoms. The molecular weight excluding hydrogens is 1940 g/mol. The summed E-state index contributed by atoms with van der Waals surface area (Å²) >= 11 is 0. The lowest BCUT2D eigenvalue weighted by molar-refractivity contribution is -0.282. The number of esters is 12. The second kappa shape index (κ2) is 39.4. The van der Waals surface area contributed by atoms with Crippen molar-refractivity contribution in [2.24, 2.45) is 0 Å². The quantitative estimate of drug-likeness (QED) is 0.0133. The molecule has 0 bridgehead atoms. The highest BCUT2D eigenvalue weighted by atomic mass is 16.8. The Morgan fingerprint density at radius 1 is 0.174 bits per heavy atom. The van der Waals surface area contributed by atoms with Crippen molar-refractivity contribution in [2.75, 3.05) is 6.61 Å². The average Bonchev–Trinajstić information content (AvgIpc) is 0.761. The minimum atomic E-state index is -3.22. The van der Waals surface area contributed by atoms with Crippen LogP contribution in [0.25, 0.3) is 0 Å². The summed E-state index contributed by atoms with van der Waals surface area (Å²) in [6, 6.07) is 9.72. The summed E-state index contributed by atoms with van der Waals surface area (Å²) in [7, 11) is 0. The number of carbonyl (C=O) groups excluding carboxylic acids is 12. The number of phenolic OH excluding ortho intramolecular Hbond substituents is 29. The monoisotopic (exact) mass is 2000 g/mol. The topological polar surface area (TPSA) is 912 Å². The van der Waals surface area contributed by atoms with E-state index in [4.69, 9.17) is 61.6 Å². The van der Waals surface area contributed by atoms with Crippen LogP contribution in [0.3, 0.4) is 0 Å². The first-order chi connectivity index (χ1) is 67.7. The van der Waals surface area contributed by atoms with E-state index in [1.54, 1.807) is 0 Å². The number of carbonyl (C=O) groups is 12. The molecule has 29 N–H and O–H groups in total. The SMILES string of the molecule is O=C(OC[C@H]1O[C@@H](OC(=O)c2cc(O)c(O)c(OC(=O)c3cc(O)c(O)c(O)c3)c2)[C@H](OC(=O)c2cc(O)c(O)c(OC(=O)c3cc(O)c(O)c(O)c3)c2)[C@@H](OC(=O)c2cc(O)c(O)c(OC(=O)c3cc(O)c(O)c(O)c3)c2)[C@@H]1OC(=O)c1cc(O)c(O)c(OC(=O)c2cc(O)c(O)c(OC(=O)c3cc(O)c(O)c(OC(=O)c4cc(O)c(O)c(O)c4)c3)c2)c1)c1cc(O)c(O)c(OC(=O)c2cc(O)c(O)c(O)c2)c1. The van der Waals surface area contributed by atoms with Crippen LogP contribution < -0.4 is 33.2 Å². The number of hydrogen-bond acceptors (Lipinski definition) is 54. The Labute approximate surface area is 792 Å². The zero-order valence-electron chi connectivity index (χ0n) is 70.6. The predicted molar refractivity (Wildman–Crippen MR) is 452 cm³/mol. The fraction of sp³-hybridized carbons (Fsp3) is 0.0667. The molecule has 0 amide bonds. The summed E-state index contributed by atoms with van der Waals surface area (Å²) in [5.41, 5.74) is -12.3. The van der Waals surface area contributed by atoms with Crippen LogP contribution in [0, 0.1) is 0 Å². The van der Waals surface area contributed by atoms with Gasteiger partial charge >= 0.3 is 71.6 Å². The van der Waals surface area contributed by atoms with E-state index in [2.05, 4.69) is 0 Å². The second-order valence-corrected chi connectivity index (χ2v) is 29.6. The number of benzene rings is 12. The number of rotatable bonds is 25. The maximum atomic E-state index is 15.5. The molecule has 0 unspecified atom stereocenters. The zero-order valence-corrected chi connectivity index (χ0v) is 70.6. The van der Waals surface area contributed by atoms with Gasteiger partial charge in [0.2, 0.25) is 52.6 Å². The van der Waals surface area contributed by atoms with Gasteiger partial charge < -0.3 is 210 Å². The van der Waals surface area contributed by atoms with Gasteiger partial charge in [0.15, 0.2) is 179 Å². The third-order valence-electron chi connectivity index (χ3n) is 19.9. The molecule has 1 heterocycles. The van der Waals surface area contributed by atoms with Crippen LogP contribution in [-0.2, 0) is 28.4 Å². The van der Waals surface area contributed by atoms with E-state index in [0.29, 0.717) is 115 Å². The Balaban J connectivity index is 0.941. The molecule has 5 atom stereocenters. The van der Waals surface area contributed by atoms with E-state index >= 15 is 19.2 Å². The zero-order chi connectivity index (χ0) is 105. The fourth-order valence-corrected chi connectivity index (χ4v) is 12.7. The molecule has 144 heavy (non-hydrogen) atoms. The molecule has 0 aliphatic carbocycles. The van der Waals surface area contributed by atoms with E-state index in [0.717, 1.165) is 0 Å². The lowest BCUT2D eigenvalue weighted by Crippen LogP contribution is -2.63. The molecule has 13 rings (SSSR count). The van der Waals surface area contributed by atoms with Gasteiger partial charge in [-0.05, 0) is 146 Å². The third-order valence-corrected chi connectivity index (χ3v) is 19.9. The molecule has 0 spiro atoms. The summed E-state index contributed by atoms with van der Waals surface area (Å²) in [6.07, 6.45) is -15.6. The molecule has 1 fully saturated rings. The normalized spacial score (nSPS) is 14.1. The minimum Gasteiger partial charge on any atom is -0.504 e. The molecule has 12 aromatic rings. The van der Waals surface area contributed by atoms with Crippen LogP contribution in [0.4, 0.5) is 0 Å². The van der Waals surface area contributed by atoms with Gasteiger partial charge in [0.25, 0.3) is 0 Å². The molecule has 1 aliphatic rings. The Bertz CT molecular complexity index is 7340. The average molecular weight is 2010 g/mol. The van der Waals surface area contributed by atoms with Gasteiger partial charge in [-0.2, -0.15) is 0 Å². The van der Waals surface area contributed by atoms with Crippen LogP contribution in [0.2, 0.25) is 0 Å². The predicted octanol–water partition coefficient (Wildman–Crippen LogP) is 6.10. The first-order valence-corrected chi connectivity index (χ1v) is 39.1. The van der Waals surface area contributed by atoms with Gasteiger partial charge in [-0.1, -0.05) is 0 Å². The molecule has 0 radical (unpaired) electrons. The Morgan fingerprint density at radius 3 is 0.514 bits per heavy atom. The van der Waals surface area contributed by atoms with E-state index in [1.807, 2.05) is 0 Å². The number of ether oxygens (including phenoxy) is 13. The summed E-state index contributed by atoms with van der Waals surface area (Å²) in [4.78, 5) is 171. The Hall–Kier alpha value is -21.6. The molecule has 1 saturated heterocycles. The van der Waals surface area contributed by atoms with E-state index in [1.165, 1.54) is 0 Å². The highest BCUT2D eigenvalue weighted by Gasteiger charge is 2.56. The largest absolute Gasteiger partial charge is 0.504 e. The van der Waals surface area contributed by atoms with E-state index < -0.39 is 383 Å². The Morgan fingerprint density at radius 2 is 0.319 bits per heavy atom. The highest BCUT2D eigenvalue weighted by Crippen LogP contribution is 2.50. The molecular formula is C90H60O54. The highest BCUT2D eigenvalue weighted by molar-refractivity contribution is 6.02. The lowest BCUT2D eigenvalue weighted by atomic mass is 9.97. The number of aromatic hydroxyl groups is 29. The lowest BCUT2D eigenvalue weighted by Gasteiger charge is -2.43. The first kappa shape index (κ1) is 99.9. The number of hydrogen-bond donors (Lipinski definition) is 29. The molecule has 744 valence electrons. The van der Waals surface area contributed by atoms with Crippen molar-refractivity contribution in [2.45, 2.75) is 30.7 Å². The first-order valence-electron chi connectivity index (χ1n) is 39.1. The molecule has 54 nitrogen and oxygen atoms in total. The maximum absolute atomic E-state index is 15.5. The van der Waals surface area contributed by atoms with Crippen molar-refractivity contribution in [1.82, 2.24) is 0 Å². The molecule has 12 aromatic carbocycles. The third kappa shape index (κ3) is 20.8. The molecule has 1 aliphatic heterocycles. The molecule has 0 aromatic heterocycles. The van der Waals surface area contributed by atoms with Gasteiger partial charge in [0.1, 0.15) is 12.7 Å². The summed E-state index contributed by atoms with van der Waals surface area (Å²) in [6.45, 7) is -1.79. The summed E-state index contributed by atoms with van der Waals surface area (Å²) in [5, 5.41) is 306. The van der Waals surface area contributed by atoms with E-state index in [9.17, 15) is 186 Å². The van der Waals surface area contributed by atoms with Crippen molar-refractivity contribution in [3.05, 3.63) is 212 Å². The van der Waals surface area contributed by atoms with Crippen molar-refractivity contribution in [1.29, 1.82) is 0 Å². The van der Waals surface area contributed by atoms with Gasteiger partial charge in [-0.15, -0.1) is 0 Å². The van der Waals surface area contributed by atoms with Gasteiger partial charge in [0.05, 0.1) is 66.8 Å². The second-order valence-electron chi connectivity index (χ2n) is 29.6. The van der Waals surface area contributed by atoms with Gasteiger partial charge in [-0.25, -0.2) is 57.5 Å². The van der Waals surface area contributed by atoms with E-state index in [-0.39, 0.29) is 30.3 Å². The molecule has 0 saturated carbocycles. The van der Waals surface area contributed by atoms with Crippen molar-refractivity contribution < 1.29 is 267 Å². The van der Waals surface area contributed by atoms with Crippen LogP contribution in [0.1, 0.15) is 124 Å². The van der Waals surface area contributed by atoms with Crippen molar-refractivity contribution in [3.8, 4) is 207 Å². The number of phenols is 29. The van der Waals surface area contributed by atoms with Crippen LogP contribution in [-0.4, -0.2) is 257 Å².